The number of benzene rings is 2. The van der Waals surface area contributed by atoms with Crippen molar-refractivity contribution in [1.29, 1.82) is 0 Å². The maximum Gasteiger partial charge on any atom is 0.240 e. The number of hydrogen-bond donors (Lipinski definition) is 6. The predicted molar refractivity (Wildman–Crippen MR) is 118 cm³/mol. The van der Waals surface area contributed by atoms with Crippen LogP contribution in [0.1, 0.15) is 0 Å². The number of imidazole rings is 1. The van der Waals surface area contributed by atoms with Gasteiger partial charge in [-0.15, -0.1) is 10.2 Å². The second-order valence-corrected chi connectivity index (χ2v) is 10.6. The van der Waals surface area contributed by atoms with Gasteiger partial charge in [-0.2, -0.15) is 5.21 Å². The lowest BCUT2D eigenvalue weighted by Crippen LogP contribution is -2.33. The summed E-state index contributed by atoms with van der Waals surface area (Å²) >= 11 is 0. The van der Waals surface area contributed by atoms with Gasteiger partial charge >= 0.3 is 0 Å². The van der Waals surface area contributed by atoms with Crippen molar-refractivity contribution in [2.45, 2.75) is 15.8 Å². The number of sulfone groups is 1. The SMILES string of the molecule is Nc1nc2c(-c3ccc(S(=O)(=O)CC(N)CO)c(S(N)(=O)=O)c3-c3nn[nH]n3)cccc2[nH]1. The van der Waals surface area contributed by atoms with Crippen molar-refractivity contribution in [2.24, 2.45) is 10.9 Å². The molecule has 4 aromatic rings. The molecule has 0 aliphatic carbocycles. The first-order valence-electron chi connectivity index (χ1n) is 9.30. The van der Waals surface area contributed by atoms with Crippen molar-refractivity contribution in [3.8, 4) is 22.5 Å². The lowest BCUT2D eigenvalue weighted by atomic mass is 9.98. The second-order valence-electron chi connectivity index (χ2n) is 7.14. The van der Waals surface area contributed by atoms with Crippen molar-refractivity contribution in [1.82, 2.24) is 30.6 Å². The fraction of sp³-hybridized carbons (Fsp3) is 0.176. The number of rotatable bonds is 7. The molecule has 0 fully saturated rings. The standard InChI is InChI=1S/C17H19N9O5S2/c18-8(6-27)7-32(28,29)12-5-4-9(10-2-1-3-11-14(10)22-17(19)21-11)13(15(12)33(20,30)31)16-23-25-26-24-16/h1-5,8,27H,6-7,18H2,(H3,19,21,22)(H2,20,30,31)(H,23,24,25,26). The van der Waals surface area contributed by atoms with Crippen molar-refractivity contribution in [3.05, 3.63) is 30.3 Å². The number of primary sulfonamides is 1. The summed E-state index contributed by atoms with van der Waals surface area (Å²) in [5, 5.41) is 28.1. The first-order chi connectivity index (χ1) is 15.5. The summed E-state index contributed by atoms with van der Waals surface area (Å²) in [5.41, 5.74) is 12.8. The zero-order valence-electron chi connectivity index (χ0n) is 16.8. The number of nitrogens with one attached hydrogen (secondary N) is 2. The van der Waals surface area contributed by atoms with E-state index >= 15 is 0 Å². The van der Waals surface area contributed by atoms with Gasteiger partial charge in [-0.25, -0.2) is 27.0 Å². The quantitative estimate of drug-likeness (QED) is 0.177. The number of anilines is 1. The predicted octanol–water partition coefficient (Wildman–Crippen LogP) is -1.27. The van der Waals surface area contributed by atoms with Crippen molar-refractivity contribution in [3.63, 3.8) is 0 Å². The Morgan fingerprint density at radius 2 is 1.85 bits per heavy atom. The number of fused-ring (bicyclic) bond motifs is 1. The number of nitrogens with two attached hydrogens (primary N) is 3. The number of nitrogen functional groups attached to an aromatic ring is 1. The Morgan fingerprint density at radius 1 is 1.09 bits per heavy atom. The van der Waals surface area contributed by atoms with Crippen LogP contribution in [0.4, 0.5) is 5.95 Å². The lowest BCUT2D eigenvalue weighted by molar-refractivity contribution is 0.274. The van der Waals surface area contributed by atoms with Crippen LogP contribution in [0.25, 0.3) is 33.5 Å². The van der Waals surface area contributed by atoms with Crippen LogP contribution in [0.3, 0.4) is 0 Å². The minimum Gasteiger partial charge on any atom is -0.395 e. The van der Waals surface area contributed by atoms with Crippen LogP contribution in [-0.2, 0) is 19.9 Å². The maximum atomic E-state index is 13.0. The number of aromatic nitrogens is 6. The van der Waals surface area contributed by atoms with E-state index < -0.39 is 48.1 Å². The highest BCUT2D eigenvalue weighted by atomic mass is 32.2. The molecule has 0 spiro atoms. The summed E-state index contributed by atoms with van der Waals surface area (Å²) in [5.74, 6) is -0.803. The minimum atomic E-state index is -4.65. The van der Waals surface area contributed by atoms with Crippen LogP contribution < -0.4 is 16.6 Å². The van der Waals surface area contributed by atoms with Gasteiger partial charge in [-0.1, -0.05) is 18.2 Å². The molecule has 2 heterocycles. The second kappa shape index (κ2) is 8.16. The van der Waals surface area contributed by atoms with Crippen molar-refractivity contribution in [2.75, 3.05) is 18.1 Å². The Hall–Kier alpha value is -3.44. The highest BCUT2D eigenvalue weighted by Gasteiger charge is 2.33. The largest absolute Gasteiger partial charge is 0.395 e. The minimum absolute atomic E-state index is 0.127. The zero-order valence-corrected chi connectivity index (χ0v) is 18.4. The maximum absolute atomic E-state index is 13.0. The highest BCUT2D eigenvalue weighted by Crippen LogP contribution is 2.41. The first kappa shape index (κ1) is 22.7. The molecular weight excluding hydrogens is 474 g/mol. The molecule has 9 N–H and O–H groups in total. The molecule has 33 heavy (non-hydrogen) atoms. The zero-order chi connectivity index (χ0) is 24.0. The van der Waals surface area contributed by atoms with Gasteiger partial charge in [0.25, 0.3) is 0 Å². The normalized spacial score (nSPS) is 13.4. The van der Waals surface area contributed by atoms with E-state index in [0.717, 1.165) is 6.07 Å². The number of sulfonamides is 1. The number of aliphatic hydroxyl groups is 1. The van der Waals surface area contributed by atoms with Gasteiger partial charge in [0.2, 0.25) is 15.8 Å². The molecule has 4 rings (SSSR count). The number of para-hydroxylation sites is 1. The van der Waals surface area contributed by atoms with Crippen LogP contribution in [0, 0.1) is 0 Å². The molecule has 0 radical (unpaired) electrons. The summed E-state index contributed by atoms with van der Waals surface area (Å²) in [7, 11) is -8.96. The summed E-state index contributed by atoms with van der Waals surface area (Å²) in [6.07, 6.45) is 0. The van der Waals surface area contributed by atoms with E-state index in [2.05, 4.69) is 30.6 Å². The number of nitrogens with zero attached hydrogens (tertiary/aromatic N) is 4. The monoisotopic (exact) mass is 493 g/mol. The average Bonchev–Trinajstić information content (AvgIpc) is 3.40. The van der Waals surface area contributed by atoms with Crippen LogP contribution in [-0.4, -0.2) is 70.9 Å². The Bertz CT molecular complexity index is 1550. The van der Waals surface area contributed by atoms with Gasteiger partial charge in [0.15, 0.2) is 15.8 Å². The van der Waals surface area contributed by atoms with E-state index in [1.165, 1.54) is 6.07 Å². The summed E-state index contributed by atoms with van der Waals surface area (Å²) in [6.45, 7) is -0.623. The van der Waals surface area contributed by atoms with Crippen LogP contribution >= 0.6 is 0 Å². The molecule has 0 aliphatic heterocycles. The Morgan fingerprint density at radius 3 is 2.48 bits per heavy atom. The van der Waals surface area contributed by atoms with E-state index in [-0.39, 0.29) is 22.9 Å². The number of hydrogen-bond acceptors (Lipinski definition) is 11. The van der Waals surface area contributed by atoms with Gasteiger partial charge in [-0.05, 0) is 22.9 Å². The molecule has 0 aliphatic rings. The van der Waals surface area contributed by atoms with Gasteiger partial charge in [0.1, 0.15) is 4.90 Å². The van der Waals surface area contributed by atoms with E-state index in [1.54, 1.807) is 18.2 Å². The van der Waals surface area contributed by atoms with Crippen LogP contribution in [0.5, 0.6) is 0 Å². The Balaban J connectivity index is 2.13. The van der Waals surface area contributed by atoms with Crippen molar-refractivity contribution < 1.29 is 21.9 Å². The molecule has 174 valence electrons. The smallest absolute Gasteiger partial charge is 0.240 e. The number of aliphatic hydroxyl groups excluding tert-OH is 1. The summed E-state index contributed by atoms with van der Waals surface area (Å²) in [4.78, 5) is 5.78. The van der Waals surface area contributed by atoms with Crippen LogP contribution in [0.15, 0.2) is 40.1 Å². The van der Waals surface area contributed by atoms with E-state index in [9.17, 15) is 21.9 Å². The summed E-state index contributed by atoms with van der Waals surface area (Å²) < 4.78 is 51.5. The number of aromatic amines is 2. The topological polar surface area (TPSA) is 250 Å². The third kappa shape index (κ3) is 4.16. The average molecular weight is 494 g/mol. The van der Waals surface area contributed by atoms with Crippen molar-refractivity contribution >= 4 is 36.8 Å². The van der Waals surface area contributed by atoms with E-state index in [1.807, 2.05) is 0 Å². The van der Waals surface area contributed by atoms with Gasteiger partial charge < -0.3 is 21.6 Å². The van der Waals surface area contributed by atoms with Crippen LogP contribution in [0.2, 0.25) is 0 Å². The third-order valence-corrected chi connectivity index (χ3v) is 7.80. The Labute approximate surface area is 187 Å². The molecule has 14 nitrogen and oxygen atoms in total. The van der Waals surface area contributed by atoms with Gasteiger partial charge in [0, 0.05) is 11.6 Å². The molecule has 0 bridgehead atoms. The van der Waals surface area contributed by atoms with E-state index in [4.69, 9.17) is 16.6 Å². The molecule has 0 saturated heterocycles. The molecule has 16 heteroatoms. The number of tetrazole rings is 1. The summed E-state index contributed by atoms with van der Waals surface area (Å²) in [6, 6.07) is 6.38. The van der Waals surface area contributed by atoms with Gasteiger partial charge in [-0.3, -0.25) is 0 Å². The molecule has 1 atom stereocenters. The molecule has 2 aromatic heterocycles. The Kier molecular flexibility index (Phi) is 5.62. The molecule has 0 amide bonds. The highest BCUT2D eigenvalue weighted by molar-refractivity contribution is 7.93. The molecule has 0 saturated carbocycles. The molecule has 2 aromatic carbocycles. The first-order valence-corrected chi connectivity index (χ1v) is 12.5. The fourth-order valence-electron chi connectivity index (χ4n) is 3.50. The van der Waals surface area contributed by atoms with E-state index in [0.29, 0.717) is 16.6 Å². The molecular formula is C17H19N9O5S2. The lowest BCUT2D eigenvalue weighted by Gasteiger charge is -2.17. The third-order valence-electron chi connectivity index (χ3n) is 4.80. The fourth-order valence-corrected chi connectivity index (χ4v) is 6.57. The molecule has 1 unspecified atom stereocenters. The number of H-pyrrole nitrogens is 2. The van der Waals surface area contributed by atoms with Gasteiger partial charge in [0.05, 0.1) is 33.9 Å².